The van der Waals surface area contributed by atoms with Crippen molar-refractivity contribution in [3.63, 3.8) is 0 Å². The molecular weight excluding hydrogens is 329 g/mol. The summed E-state index contributed by atoms with van der Waals surface area (Å²) in [4.78, 5) is 23.2. The average molecular weight is 349 g/mol. The SMILES string of the molecule is Cc1ccc(C(=O)N(CCc2ccccn2)Cc2ccc(F)cc2)cn1. The van der Waals surface area contributed by atoms with Crippen molar-refractivity contribution in [2.45, 2.75) is 19.9 Å². The van der Waals surface area contributed by atoms with E-state index >= 15 is 0 Å². The molecule has 0 spiro atoms. The van der Waals surface area contributed by atoms with E-state index < -0.39 is 0 Å². The smallest absolute Gasteiger partial charge is 0.255 e. The van der Waals surface area contributed by atoms with Crippen LogP contribution in [0.4, 0.5) is 4.39 Å². The van der Waals surface area contributed by atoms with E-state index in [2.05, 4.69) is 9.97 Å². The molecule has 26 heavy (non-hydrogen) atoms. The maximum Gasteiger partial charge on any atom is 0.255 e. The molecule has 0 radical (unpaired) electrons. The third kappa shape index (κ3) is 4.72. The quantitative estimate of drug-likeness (QED) is 0.680. The summed E-state index contributed by atoms with van der Waals surface area (Å²) < 4.78 is 13.2. The lowest BCUT2D eigenvalue weighted by Crippen LogP contribution is -2.32. The van der Waals surface area contributed by atoms with Gasteiger partial charge in [0, 0.05) is 43.3 Å². The van der Waals surface area contributed by atoms with Gasteiger partial charge in [-0.05, 0) is 48.9 Å². The zero-order valence-electron chi connectivity index (χ0n) is 14.6. The number of benzene rings is 1. The maximum absolute atomic E-state index is 13.2. The number of hydrogen-bond donors (Lipinski definition) is 0. The molecule has 0 aliphatic rings. The number of carbonyl (C=O) groups is 1. The first kappa shape index (κ1) is 17.7. The molecule has 0 bridgehead atoms. The van der Waals surface area contributed by atoms with Gasteiger partial charge in [0.25, 0.3) is 5.91 Å². The summed E-state index contributed by atoms with van der Waals surface area (Å²) in [6, 6.07) is 15.5. The van der Waals surface area contributed by atoms with Crippen molar-refractivity contribution in [2.24, 2.45) is 0 Å². The van der Waals surface area contributed by atoms with Gasteiger partial charge in [0.1, 0.15) is 5.82 Å². The van der Waals surface area contributed by atoms with Gasteiger partial charge in [0.2, 0.25) is 0 Å². The molecule has 4 nitrogen and oxygen atoms in total. The van der Waals surface area contributed by atoms with Crippen LogP contribution in [-0.4, -0.2) is 27.3 Å². The number of aromatic nitrogens is 2. The van der Waals surface area contributed by atoms with Crippen LogP contribution < -0.4 is 0 Å². The van der Waals surface area contributed by atoms with E-state index in [1.54, 1.807) is 35.5 Å². The van der Waals surface area contributed by atoms with E-state index in [-0.39, 0.29) is 11.7 Å². The summed E-state index contributed by atoms with van der Waals surface area (Å²) in [5.41, 5.74) is 3.20. The predicted molar refractivity (Wildman–Crippen MR) is 98.1 cm³/mol. The molecule has 0 unspecified atom stereocenters. The van der Waals surface area contributed by atoms with E-state index in [0.717, 1.165) is 17.0 Å². The topological polar surface area (TPSA) is 46.1 Å². The molecule has 0 aliphatic carbocycles. The lowest BCUT2D eigenvalue weighted by atomic mass is 10.1. The van der Waals surface area contributed by atoms with Gasteiger partial charge in [0.15, 0.2) is 0 Å². The first-order chi connectivity index (χ1) is 12.6. The highest BCUT2D eigenvalue weighted by atomic mass is 19.1. The number of hydrogen-bond acceptors (Lipinski definition) is 3. The second-order valence-electron chi connectivity index (χ2n) is 6.11. The van der Waals surface area contributed by atoms with Crippen LogP contribution >= 0.6 is 0 Å². The van der Waals surface area contributed by atoms with E-state index in [1.165, 1.54) is 12.1 Å². The number of pyridine rings is 2. The molecule has 3 rings (SSSR count). The summed E-state index contributed by atoms with van der Waals surface area (Å²) in [6.07, 6.45) is 3.98. The molecule has 0 atom stereocenters. The van der Waals surface area contributed by atoms with Crippen molar-refractivity contribution in [2.75, 3.05) is 6.54 Å². The van der Waals surface area contributed by atoms with Crippen molar-refractivity contribution in [3.05, 3.63) is 95.3 Å². The summed E-state index contributed by atoms with van der Waals surface area (Å²) >= 11 is 0. The Hall–Kier alpha value is -3.08. The van der Waals surface area contributed by atoms with E-state index in [4.69, 9.17) is 0 Å². The molecule has 0 saturated carbocycles. The Morgan fingerprint density at radius 2 is 1.85 bits per heavy atom. The minimum atomic E-state index is -0.289. The van der Waals surface area contributed by atoms with E-state index in [0.29, 0.717) is 25.1 Å². The van der Waals surface area contributed by atoms with Crippen molar-refractivity contribution in [3.8, 4) is 0 Å². The van der Waals surface area contributed by atoms with Crippen LogP contribution in [0.3, 0.4) is 0 Å². The van der Waals surface area contributed by atoms with Gasteiger partial charge in [-0.1, -0.05) is 18.2 Å². The highest BCUT2D eigenvalue weighted by Crippen LogP contribution is 2.12. The average Bonchev–Trinajstić information content (AvgIpc) is 2.67. The van der Waals surface area contributed by atoms with Gasteiger partial charge in [-0.15, -0.1) is 0 Å². The maximum atomic E-state index is 13.2. The van der Waals surface area contributed by atoms with Crippen LogP contribution in [0.5, 0.6) is 0 Å². The third-order valence-electron chi connectivity index (χ3n) is 4.10. The van der Waals surface area contributed by atoms with Crippen molar-refractivity contribution in [1.29, 1.82) is 0 Å². The fraction of sp³-hybridized carbons (Fsp3) is 0.190. The molecule has 0 aliphatic heterocycles. The Morgan fingerprint density at radius 3 is 2.50 bits per heavy atom. The highest BCUT2D eigenvalue weighted by molar-refractivity contribution is 5.93. The van der Waals surface area contributed by atoms with Crippen LogP contribution in [0.2, 0.25) is 0 Å². The first-order valence-corrected chi connectivity index (χ1v) is 8.48. The predicted octanol–water partition coefficient (Wildman–Crippen LogP) is 3.81. The molecule has 5 heteroatoms. The standard InChI is InChI=1S/C21H20FN3O/c1-16-5-8-18(14-24-16)21(26)25(13-11-20-4-2-3-12-23-20)15-17-6-9-19(22)10-7-17/h2-10,12,14H,11,13,15H2,1H3. The second kappa shape index (κ2) is 8.34. The second-order valence-corrected chi connectivity index (χ2v) is 6.11. The molecule has 0 fully saturated rings. The number of rotatable bonds is 6. The Morgan fingerprint density at radius 1 is 1.04 bits per heavy atom. The van der Waals surface area contributed by atoms with Gasteiger partial charge in [0.05, 0.1) is 5.56 Å². The third-order valence-corrected chi connectivity index (χ3v) is 4.10. The fourth-order valence-electron chi connectivity index (χ4n) is 2.64. The van der Waals surface area contributed by atoms with Crippen LogP contribution in [0.1, 0.15) is 27.3 Å². The molecule has 3 aromatic rings. The largest absolute Gasteiger partial charge is 0.334 e. The molecule has 0 N–H and O–H groups in total. The lowest BCUT2D eigenvalue weighted by Gasteiger charge is -2.23. The van der Waals surface area contributed by atoms with Crippen LogP contribution in [0.25, 0.3) is 0 Å². The monoisotopic (exact) mass is 349 g/mol. The Labute approximate surface area is 152 Å². The van der Waals surface area contributed by atoms with E-state index in [9.17, 15) is 9.18 Å². The summed E-state index contributed by atoms with van der Waals surface area (Å²) in [5, 5.41) is 0. The fourth-order valence-corrected chi connectivity index (χ4v) is 2.64. The normalized spacial score (nSPS) is 10.5. The molecule has 0 saturated heterocycles. The van der Waals surface area contributed by atoms with Crippen LogP contribution in [0, 0.1) is 12.7 Å². The van der Waals surface area contributed by atoms with Gasteiger partial charge in [-0.25, -0.2) is 4.39 Å². The molecule has 1 amide bonds. The molecule has 2 aromatic heterocycles. The molecular formula is C21H20FN3O. The van der Waals surface area contributed by atoms with Crippen molar-refractivity contribution in [1.82, 2.24) is 14.9 Å². The highest BCUT2D eigenvalue weighted by Gasteiger charge is 2.17. The number of carbonyl (C=O) groups excluding carboxylic acids is 1. The number of amides is 1. The first-order valence-electron chi connectivity index (χ1n) is 8.48. The van der Waals surface area contributed by atoms with Crippen molar-refractivity contribution >= 4 is 5.91 Å². The summed E-state index contributed by atoms with van der Waals surface area (Å²) in [7, 11) is 0. The lowest BCUT2D eigenvalue weighted by molar-refractivity contribution is 0.0744. The Balaban J connectivity index is 1.78. The number of halogens is 1. The van der Waals surface area contributed by atoms with Gasteiger partial charge in [-0.2, -0.15) is 0 Å². The zero-order valence-corrected chi connectivity index (χ0v) is 14.6. The van der Waals surface area contributed by atoms with E-state index in [1.807, 2.05) is 31.2 Å². The summed E-state index contributed by atoms with van der Waals surface area (Å²) in [5.74, 6) is -0.388. The number of aryl methyl sites for hydroxylation is 1. The van der Waals surface area contributed by atoms with Gasteiger partial charge >= 0.3 is 0 Å². The minimum absolute atomic E-state index is 0.0993. The van der Waals surface area contributed by atoms with Crippen LogP contribution in [-0.2, 0) is 13.0 Å². The molecule has 2 heterocycles. The molecule has 132 valence electrons. The number of nitrogens with zero attached hydrogens (tertiary/aromatic N) is 3. The van der Waals surface area contributed by atoms with Gasteiger partial charge < -0.3 is 4.90 Å². The molecule has 1 aromatic carbocycles. The zero-order chi connectivity index (χ0) is 18.4. The van der Waals surface area contributed by atoms with Crippen LogP contribution in [0.15, 0.2) is 67.0 Å². The Bertz CT molecular complexity index is 849. The van der Waals surface area contributed by atoms with Gasteiger partial charge in [-0.3, -0.25) is 14.8 Å². The Kier molecular flexibility index (Phi) is 5.69. The van der Waals surface area contributed by atoms with Crippen molar-refractivity contribution < 1.29 is 9.18 Å². The summed E-state index contributed by atoms with van der Waals surface area (Å²) in [6.45, 7) is 2.80. The minimum Gasteiger partial charge on any atom is -0.334 e.